The number of rotatable bonds is 7. The summed E-state index contributed by atoms with van der Waals surface area (Å²) in [6, 6.07) is 15.9. The van der Waals surface area contributed by atoms with Crippen LogP contribution < -0.4 is 5.32 Å². The van der Waals surface area contributed by atoms with Gasteiger partial charge in [-0.15, -0.1) is 0 Å². The number of benzene rings is 2. The normalized spacial score (nSPS) is 12.1. The Labute approximate surface area is 127 Å². The summed E-state index contributed by atoms with van der Waals surface area (Å²) in [4.78, 5) is 0. The number of hydrogen-bond donors (Lipinski definition) is 1. The van der Waals surface area contributed by atoms with Crippen molar-refractivity contribution in [2.75, 3.05) is 5.32 Å². The van der Waals surface area contributed by atoms with E-state index in [1.54, 1.807) is 6.07 Å². The molecule has 0 heterocycles. The molecule has 1 N–H and O–H groups in total. The van der Waals surface area contributed by atoms with Crippen LogP contribution in [0, 0.1) is 12.7 Å². The molecule has 112 valence electrons. The maximum absolute atomic E-state index is 13.7. The van der Waals surface area contributed by atoms with Gasteiger partial charge in [-0.1, -0.05) is 62.6 Å². The fraction of sp³-hybridized carbons (Fsp3) is 0.368. The molecule has 0 aliphatic heterocycles. The van der Waals surface area contributed by atoms with E-state index < -0.39 is 0 Å². The van der Waals surface area contributed by atoms with Gasteiger partial charge in [0.1, 0.15) is 5.82 Å². The van der Waals surface area contributed by atoms with E-state index in [2.05, 4.69) is 36.5 Å². The first-order chi connectivity index (χ1) is 10.2. The minimum Gasteiger partial charge on any atom is -0.378 e. The Hall–Kier alpha value is -1.83. The molecule has 2 rings (SSSR count). The van der Waals surface area contributed by atoms with E-state index in [9.17, 15) is 4.39 Å². The molecular weight excluding hydrogens is 261 g/mol. The topological polar surface area (TPSA) is 12.0 Å². The number of nitrogens with one attached hydrogen (secondary N) is 1. The third-order valence-electron chi connectivity index (χ3n) is 3.90. The van der Waals surface area contributed by atoms with Crippen LogP contribution in [0.15, 0.2) is 48.5 Å². The van der Waals surface area contributed by atoms with Gasteiger partial charge in [0.05, 0.1) is 6.04 Å². The Bertz CT molecular complexity index is 551. The van der Waals surface area contributed by atoms with Crippen molar-refractivity contribution in [3.05, 3.63) is 65.5 Å². The zero-order valence-corrected chi connectivity index (χ0v) is 12.9. The highest BCUT2D eigenvalue weighted by atomic mass is 19.1. The van der Waals surface area contributed by atoms with Gasteiger partial charge in [-0.25, -0.2) is 4.39 Å². The van der Waals surface area contributed by atoms with E-state index in [1.807, 2.05) is 19.1 Å². The van der Waals surface area contributed by atoms with Crippen LogP contribution in [-0.4, -0.2) is 0 Å². The molecule has 1 unspecified atom stereocenters. The quantitative estimate of drug-likeness (QED) is 0.627. The highest BCUT2D eigenvalue weighted by Crippen LogP contribution is 2.27. The minimum absolute atomic E-state index is 0.152. The van der Waals surface area contributed by atoms with Crippen molar-refractivity contribution >= 4 is 5.69 Å². The van der Waals surface area contributed by atoms with Crippen LogP contribution in [0.25, 0.3) is 0 Å². The first-order valence-electron chi connectivity index (χ1n) is 7.79. The molecule has 0 saturated carbocycles. The third-order valence-corrected chi connectivity index (χ3v) is 3.90. The monoisotopic (exact) mass is 285 g/mol. The van der Waals surface area contributed by atoms with Crippen molar-refractivity contribution < 1.29 is 4.39 Å². The van der Waals surface area contributed by atoms with Gasteiger partial charge >= 0.3 is 0 Å². The van der Waals surface area contributed by atoms with Gasteiger partial charge in [0.25, 0.3) is 0 Å². The van der Waals surface area contributed by atoms with Crippen LogP contribution in [0.1, 0.15) is 49.8 Å². The second kappa shape index (κ2) is 7.82. The zero-order chi connectivity index (χ0) is 15.1. The minimum atomic E-state index is -0.152. The number of anilines is 1. The third kappa shape index (κ3) is 4.32. The maximum Gasteiger partial charge on any atom is 0.128 e. The fourth-order valence-electron chi connectivity index (χ4n) is 2.56. The van der Waals surface area contributed by atoms with Crippen LogP contribution in [0.3, 0.4) is 0 Å². The predicted molar refractivity (Wildman–Crippen MR) is 88.1 cm³/mol. The van der Waals surface area contributed by atoms with Crippen LogP contribution >= 0.6 is 0 Å². The van der Waals surface area contributed by atoms with Crippen molar-refractivity contribution in [2.24, 2.45) is 0 Å². The lowest BCUT2D eigenvalue weighted by atomic mass is 9.99. The van der Waals surface area contributed by atoms with Crippen LogP contribution in [0.4, 0.5) is 10.1 Å². The fourth-order valence-corrected chi connectivity index (χ4v) is 2.56. The Morgan fingerprint density at radius 2 is 1.76 bits per heavy atom. The van der Waals surface area contributed by atoms with E-state index in [-0.39, 0.29) is 11.9 Å². The van der Waals surface area contributed by atoms with Gasteiger partial charge in [0.15, 0.2) is 0 Å². The second-order valence-electron chi connectivity index (χ2n) is 5.52. The number of hydrogen-bond acceptors (Lipinski definition) is 1. The van der Waals surface area contributed by atoms with Crippen LogP contribution in [-0.2, 0) is 0 Å². The number of unbranched alkanes of at least 4 members (excludes halogenated alkanes) is 2. The lowest BCUT2D eigenvalue weighted by Crippen LogP contribution is -2.12. The van der Waals surface area contributed by atoms with Crippen molar-refractivity contribution in [2.45, 2.75) is 45.6 Å². The molecule has 0 saturated heterocycles. The molecule has 2 aromatic carbocycles. The molecule has 0 aromatic heterocycles. The lowest BCUT2D eigenvalue weighted by molar-refractivity contribution is 0.601. The lowest BCUT2D eigenvalue weighted by Gasteiger charge is -2.22. The molecule has 0 aliphatic rings. The molecule has 2 aromatic rings. The Morgan fingerprint density at radius 1 is 1.00 bits per heavy atom. The molecular formula is C19H24FN. The maximum atomic E-state index is 13.7. The molecule has 1 nitrogen and oxygen atoms in total. The molecule has 0 spiro atoms. The largest absolute Gasteiger partial charge is 0.378 e. The summed E-state index contributed by atoms with van der Waals surface area (Å²) in [6.45, 7) is 4.04. The average Bonchev–Trinajstić information content (AvgIpc) is 2.51. The average molecular weight is 285 g/mol. The van der Waals surface area contributed by atoms with Gasteiger partial charge in [-0.3, -0.25) is 0 Å². The SMILES string of the molecule is CCCCCC(Nc1cccc(F)c1C)c1ccccc1. The molecule has 0 fully saturated rings. The van der Waals surface area contributed by atoms with Crippen LogP contribution in [0.5, 0.6) is 0 Å². The van der Waals surface area contributed by atoms with E-state index in [1.165, 1.54) is 30.9 Å². The Kier molecular flexibility index (Phi) is 5.79. The van der Waals surface area contributed by atoms with Crippen molar-refractivity contribution in [3.8, 4) is 0 Å². The zero-order valence-electron chi connectivity index (χ0n) is 12.9. The van der Waals surface area contributed by atoms with Gasteiger partial charge in [0, 0.05) is 11.3 Å². The molecule has 0 amide bonds. The highest BCUT2D eigenvalue weighted by molar-refractivity contribution is 5.52. The smallest absolute Gasteiger partial charge is 0.128 e. The molecule has 1 atom stereocenters. The molecule has 0 radical (unpaired) electrons. The molecule has 2 heteroatoms. The summed E-state index contributed by atoms with van der Waals surface area (Å²) in [5.74, 6) is -0.152. The molecule has 0 aliphatic carbocycles. The summed E-state index contributed by atoms with van der Waals surface area (Å²) in [6.07, 6.45) is 4.68. The molecule has 21 heavy (non-hydrogen) atoms. The van der Waals surface area contributed by atoms with Gasteiger partial charge in [0.2, 0.25) is 0 Å². The van der Waals surface area contributed by atoms with Crippen molar-refractivity contribution in [1.82, 2.24) is 0 Å². The van der Waals surface area contributed by atoms with Crippen molar-refractivity contribution in [3.63, 3.8) is 0 Å². The van der Waals surface area contributed by atoms with Gasteiger partial charge in [-0.05, 0) is 31.0 Å². The number of halogens is 1. The molecule has 0 bridgehead atoms. The van der Waals surface area contributed by atoms with Gasteiger partial charge < -0.3 is 5.32 Å². The first kappa shape index (κ1) is 15.6. The van der Waals surface area contributed by atoms with Gasteiger partial charge in [-0.2, -0.15) is 0 Å². The first-order valence-corrected chi connectivity index (χ1v) is 7.79. The van der Waals surface area contributed by atoms with E-state index in [0.29, 0.717) is 5.56 Å². The van der Waals surface area contributed by atoms with E-state index in [4.69, 9.17) is 0 Å². The van der Waals surface area contributed by atoms with E-state index in [0.717, 1.165) is 12.1 Å². The summed E-state index contributed by atoms with van der Waals surface area (Å²) >= 11 is 0. The summed E-state index contributed by atoms with van der Waals surface area (Å²) in [7, 11) is 0. The van der Waals surface area contributed by atoms with Crippen LogP contribution in [0.2, 0.25) is 0 Å². The van der Waals surface area contributed by atoms with E-state index >= 15 is 0 Å². The summed E-state index contributed by atoms with van der Waals surface area (Å²) in [5.41, 5.74) is 2.84. The van der Waals surface area contributed by atoms with Crippen molar-refractivity contribution in [1.29, 1.82) is 0 Å². The summed E-state index contributed by atoms with van der Waals surface area (Å²) in [5, 5.41) is 3.52. The summed E-state index contributed by atoms with van der Waals surface area (Å²) < 4.78 is 13.7. The Morgan fingerprint density at radius 3 is 2.48 bits per heavy atom. The predicted octanol–water partition coefficient (Wildman–Crippen LogP) is 5.87. The second-order valence-corrected chi connectivity index (χ2v) is 5.52. The standard InChI is InChI=1S/C19H24FN/c1-3-4-6-13-19(16-10-7-5-8-11-16)21-18-14-9-12-17(20)15(18)2/h5,7-12,14,19,21H,3-4,6,13H2,1-2H3. The highest BCUT2D eigenvalue weighted by Gasteiger charge is 2.13. The Balaban J connectivity index is 2.17.